The molecule has 2 aliphatic rings. The second-order valence-electron chi connectivity index (χ2n) is 5.30. The third-order valence-corrected chi connectivity index (χ3v) is 3.95. The molecule has 0 bridgehead atoms. The van der Waals surface area contributed by atoms with Crippen LogP contribution in [0.2, 0.25) is 0 Å². The van der Waals surface area contributed by atoms with Crippen LogP contribution in [-0.2, 0) is 9.59 Å². The van der Waals surface area contributed by atoms with E-state index in [1.165, 1.54) is 6.92 Å². The van der Waals surface area contributed by atoms with Crippen LogP contribution in [0.15, 0.2) is 30.4 Å². The third kappa shape index (κ3) is 2.05. The molecule has 0 saturated carbocycles. The average molecular weight is 272 g/mol. The van der Waals surface area contributed by atoms with Crippen LogP contribution >= 0.6 is 0 Å². The first kappa shape index (κ1) is 12.7. The zero-order valence-corrected chi connectivity index (χ0v) is 11.1. The molecule has 0 saturated heterocycles. The van der Waals surface area contributed by atoms with Crippen molar-refractivity contribution in [3.05, 3.63) is 35.9 Å². The monoisotopic (exact) mass is 272 g/mol. The Balaban J connectivity index is 1.99. The van der Waals surface area contributed by atoms with Gasteiger partial charge in [0.15, 0.2) is 0 Å². The molecule has 1 aliphatic carbocycles. The molecule has 104 valence electrons. The Morgan fingerprint density at radius 1 is 1.40 bits per heavy atom. The molecule has 3 rings (SSSR count). The highest BCUT2D eigenvalue weighted by molar-refractivity contribution is 5.90. The Kier molecular flexibility index (Phi) is 2.97. The molecular formula is C15H16N2O3. The number of anilines is 2. The first-order valence-corrected chi connectivity index (χ1v) is 6.64. The van der Waals surface area contributed by atoms with Gasteiger partial charge in [-0.25, -0.2) is 4.79 Å². The summed E-state index contributed by atoms with van der Waals surface area (Å²) in [4.78, 5) is 22.5. The SMILES string of the molecule is CC(=O)Nc1ccc2c(c1)NC(C(=O)O)C1CC=CC21. The summed E-state index contributed by atoms with van der Waals surface area (Å²) in [5, 5.41) is 15.2. The Morgan fingerprint density at radius 3 is 2.90 bits per heavy atom. The molecule has 0 fully saturated rings. The highest BCUT2D eigenvalue weighted by atomic mass is 16.4. The molecular weight excluding hydrogens is 256 g/mol. The number of fused-ring (bicyclic) bond motifs is 3. The second kappa shape index (κ2) is 4.67. The molecule has 1 amide bonds. The van der Waals surface area contributed by atoms with Crippen LogP contribution in [0, 0.1) is 5.92 Å². The van der Waals surface area contributed by atoms with E-state index in [4.69, 9.17) is 0 Å². The largest absolute Gasteiger partial charge is 0.480 e. The lowest BCUT2D eigenvalue weighted by Crippen LogP contribution is -2.41. The number of carbonyl (C=O) groups is 2. The Labute approximate surface area is 116 Å². The maximum Gasteiger partial charge on any atom is 0.326 e. The number of allylic oxidation sites excluding steroid dienone is 2. The van der Waals surface area contributed by atoms with Gasteiger partial charge in [-0.3, -0.25) is 4.79 Å². The van der Waals surface area contributed by atoms with Crippen molar-refractivity contribution in [3.63, 3.8) is 0 Å². The minimum absolute atomic E-state index is 0.0617. The predicted octanol–water partition coefficient (Wildman–Crippen LogP) is 2.18. The van der Waals surface area contributed by atoms with Crippen LogP contribution < -0.4 is 10.6 Å². The molecule has 1 aliphatic heterocycles. The second-order valence-corrected chi connectivity index (χ2v) is 5.30. The molecule has 3 N–H and O–H groups in total. The summed E-state index contributed by atoms with van der Waals surface area (Å²) >= 11 is 0. The summed E-state index contributed by atoms with van der Waals surface area (Å²) in [6.45, 7) is 1.45. The van der Waals surface area contributed by atoms with Gasteiger partial charge in [-0.15, -0.1) is 0 Å². The molecule has 3 unspecified atom stereocenters. The van der Waals surface area contributed by atoms with Gasteiger partial charge < -0.3 is 15.7 Å². The van der Waals surface area contributed by atoms with Gasteiger partial charge in [0, 0.05) is 30.1 Å². The minimum Gasteiger partial charge on any atom is -0.480 e. The summed E-state index contributed by atoms with van der Waals surface area (Å²) in [7, 11) is 0. The minimum atomic E-state index is -0.834. The fourth-order valence-corrected chi connectivity index (χ4v) is 3.12. The average Bonchev–Trinajstić information content (AvgIpc) is 2.85. The van der Waals surface area contributed by atoms with E-state index in [0.717, 1.165) is 17.7 Å². The van der Waals surface area contributed by atoms with Crippen molar-refractivity contribution in [1.82, 2.24) is 0 Å². The van der Waals surface area contributed by atoms with Gasteiger partial charge in [-0.1, -0.05) is 18.2 Å². The van der Waals surface area contributed by atoms with Gasteiger partial charge in [0.25, 0.3) is 0 Å². The highest BCUT2D eigenvalue weighted by Crippen LogP contribution is 2.45. The standard InChI is InChI=1S/C15H16N2O3/c1-8(18)16-9-5-6-11-10-3-2-4-12(10)14(15(19)20)17-13(11)7-9/h2-3,5-7,10,12,14,17H,4H2,1H3,(H,16,18)(H,19,20). The van der Waals surface area contributed by atoms with Gasteiger partial charge in [-0.2, -0.15) is 0 Å². The Bertz CT molecular complexity index is 609. The molecule has 20 heavy (non-hydrogen) atoms. The summed E-state index contributed by atoms with van der Waals surface area (Å²) in [5.41, 5.74) is 2.56. The van der Waals surface area contributed by atoms with Crippen molar-refractivity contribution in [2.45, 2.75) is 25.3 Å². The summed E-state index contributed by atoms with van der Waals surface area (Å²) in [5.74, 6) is -0.779. The first-order chi connectivity index (χ1) is 9.56. The van der Waals surface area contributed by atoms with Gasteiger partial charge in [0.1, 0.15) is 6.04 Å². The highest BCUT2D eigenvalue weighted by Gasteiger charge is 2.40. The number of carboxylic acid groups (broad SMARTS) is 1. The van der Waals surface area contributed by atoms with E-state index in [9.17, 15) is 14.7 Å². The fourth-order valence-electron chi connectivity index (χ4n) is 3.12. The Hall–Kier alpha value is -2.30. The number of hydrogen-bond acceptors (Lipinski definition) is 3. The molecule has 0 aromatic heterocycles. The van der Waals surface area contributed by atoms with Crippen molar-refractivity contribution in [1.29, 1.82) is 0 Å². The molecule has 1 aromatic carbocycles. The predicted molar refractivity (Wildman–Crippen MR) is 75.8 cm³/mol. The van der Waals surface area contributed by atoms with Gasteiger partial charge >= 0.3 is 5.97 Å². The summed E-state index contributed by atoms with van der Waals surface area (Å²) < 4.78 is 0. The summed E-state index contributed by atoms with van der Waals surface area (Å²) in [6.07, 6.45) is 4.91. The molecule has 3 atom stereocenters. The van der Waals surface area contributed by atoms with Crippen LogP contribution in [0.25, 0.3) is 0 Å². The number of rotatable bonds is 2. The number of benzene rings is 1. The Morgan fingerprint density at radius 2 is 2.20 bits per heavy atom. The van der Waals surface area contributed by atoms with Gasteiger partial charge in [0.2, 0.25) is 5.91 Å². The molecule has 5 nitrogen and oxygen atoms in total. The number of carbonyl (C=O) groups excluding carboxylic acids is 1. The van der Waals surface area contributed by atoms with E-state index in [2.05, 4.69) is 16.7 Å². The van der Waals surface area contributed by atoms with Crippen LogP contribution in [0.5, 0.6) is 0 Å². The number of carboxylic acids is 1. The maximum absolute atomic E-state index is 11.4. The van der Waals surface area contributed by atoms with Crippen LogP contribution in [-0.4, -0.2) is 23.0 Å². The van der Waals surface area contributed by atoms with Crippen LogP contribution in [0.4, 0.5) is 11.4 Å². The number of nitrogens with one attached hydrogen (secondary N) is 2. The zero-order valence-electron chi connectivity index (χ0n) is 11.1. The van der Waals surface area contributed by atoms with Crippen molar-refractivity contribution in [3.8, 4) is 0 Å². The van der Waals surface area contributed by atoms with Gasteiger partial charge in [0.05, 0.1) is 0 Å². The molecule has 0 radical (unpaired) electrons. The molecule has 1 heterocycles. The van der Waals surface area contributed by atoms with Crippen molar-refractivity contribution in [2.75, 3.05) is 10.6 Å². The number of hydrogen-bond donors (Lipinski definition) is 3. The lowest BCUT2D eigenvalue weighted by atomic mass is 9.79. The molecule has 0 spiro atoms. The first-order valence-electron chi connectivity index (χ1n) is 6.64. The van der Waals surface area contributed by atoms with Crippen molar-refractivity contribution >= 4 is 23.3 Å². The van der Waals surface area contributed by atoms with E-state index >= 15 is 0 Å². The van der Waals surface area contributed by atoms with E-state index in [1.807, 2.05) is 18.2 Å². The lowest BCUT2D eigenvalue weighted by Gasteiger charge is -2.34. The van der Waals surface area contributed by atoms with Crippen molar-refractivity contribution < 1.29 is 14.7 Å². The lowest BCUT2D eigenvalue weighted by molar-refractivity contribution is -0.139. The van der Waals surface area contributed by atoms with E-state index in [0.29, 0.717) is 5.69 Å². The van der Waals surface area contributed by atoms with Crippen LogP contribution in [0.3, 0.4) is 0 Å². The molecule has 1 aromatic rings. The fraction of sp³-hybridized carbons (Fsp3) is 0.333. The summed E-state index contributed by atoms with van der Waals surface area (Å²) in [6, 6.07) is 5.02. The van der Waals surface area contributed by atoms with E-state index in [-0.39, 0.29) is 17.7 Å². The maximum atomic E-state index is 11.4. The van der Waals surface area contributed by atoms with E-state index in [1.54, 1.807) is 6.07 Å². The third-order valence-electron chi connectivity index (χ3n) is 3.95. The zero-order chi connectivity index (χ0) is 14.3. The quantitative estimate of drug-likeness (QED) is 0.721. The number of amides is 1. The number of aliphatic carboxylic acids is 1. The topological polar surface area (TPSA) is 78.4 Å². The molecule has 5 heteroatoms. The van der Waals surface area contributed by atoms with Gasteiger partial charge in [-0.05, 0) is 24.1 Å². The van der Waals surface area contributed by atoms with Crippen LogP contribution in [0.1, 0.15) is 24.8 Å². The normalized spacial score (nSPS) is 26.4. The van der Waals surface area contributed by atoms with E-state index < -0.39 is 12.0 Å². The smallest absolute Gasteiger partial charge is 0.326 e. The van der Waals surface area contributed by atoms with Crippen molar-refractivity contribution in [2.24, 2.45) is 5.92 Å².